The van der Waals surface area contributed by atoms with Crippen LogP contribution in [-0.4, -0.2) is 37.5 Å². The second-order valence-electron chi connectivity index (χ2n) is 4.18. The average Bonchev–Trinajstić information content (AvgIpc) is 2.32. The van der Waals surface area contributed by atoms with Gasteiger partial charge in [-0.2, -0.15) is 0 Å². The van der Waals surface area contributed by atoms with E-state index in [1.54, 1.807) is 0 Å². The predicted octanol–water partition coefficient (Wildman–Crippen LogP) is 0.775. The van der Waals surface area contributed by atoms with Crippen LogP contribution in [0.15, 0.2) is 18.2 Å². The summed E-state index contributed by atoms with van der Waals surface area (Å²) in [4.78, 5) is 2.17. The van der Waals surface area contributed by atoms with Crippen molar-refractivity contribution < 1.29 is 9.84 Å². The number of aliphatic hydroxyl groups excluding tert-OH is 1. The Morgan fingerprint density at radius 2 is 2.38 bits per heavy atom. The van der Waals surface area contributed by atoms with E-state index >= 15 is 0 Å². The van der Waals surface area contributed by atoms with Crippen molar-refractivity contribution in [3.63, 3.8) is 0 Å². The van der Waals surface area contributed by atoms with Crippen LogP contribution < -0.4 is 10.6 Å². The number of hydrogen-bond donors (Lipinski definition) is 2. The molecule has 1 aromatic rings. The number of aliphatic hydroxyl groups is 1. The normalized spacial score (nSPS) is 21.1. The van der Waals surface area contributed by atoms with E-state index < -0.39 is 0 Å². The SMILES string of the molecule is Cc1ccc(N)c(N2CCOC(CO)C2)c1. The van der Waals surface area contributed by atoms with Crippen LogP contribution in [0.2, 0.25) is 0 Å². The molecule has 1 aromatic carbocycles. The summed E-state index contributed by atoms with van der Waals surface area (Å²) in [6, 6.07) is 6.01. The van der Waals surface area contributed by atoms with Crippen LogP contribution in [-0.2, 0) is 4.74 Å². The molecule has 0 amide bonds. The van der Waals surface area contributed by atoms with Crippen molar-refractivity contribution in [2.45, 2.75) is 13.0 Å². The van der Waals surface area contributed by atoms with Gasteiger partial charge in [0.1, 0.15) is 0 Å². The van der Waals surface area contributed by atoms with Gasteiger partial charge in [-0.05, 0) is 24.6 Å². The predicted molar refractivity (Wildman–Crippen MR) is 64.6 cm³/mol. The van der Waals surface area contributed by atoms with Gasteiger partial charge in [0.05, 0.1) is 30.7 Å². The molecule has 1 aliphatic heterocycles. The lowest BCUT2D eigenvalue weighted by Crippen LogP contribution is -2.44. The lowest BCUT2D eigenvalue weighted by Gasteiger charge is -2.34. The molecule has 1 atom stereocenters. The Hall–Kier alpha value is -1.26. The Morgan fingerprint density at radius 3 is 3.12 bits per heavy atom. The summed E-state index contributed by atoms with van der Waals surface area (Å²) in [6.07, 6.45) is -0.103. The lowest BCUT2D eigenvalue weighted by molar-refractivity contribution is 0.00360. The maximum Gasteiger partial charge on any atom is 0.0980 e. The molecule has 4 nitrogen and oxygen atoms in total. The zero-order valence-corrected chi connectivity index (χ0v) is 9.52. The van der Waals surface area contributed by atoms with E-state index in [0.717, 1.165) is 17.9 Å². The fraction of sp³-hybridized carbons (Fsp3) is 0.500. The van der Waals surface area contributed by atoms with Gasteiger partial charge in [0.15, 0.2) is 0 Å². The van der Waals surface area contributed by atoms with Crippen LogP contribution in [0.5, 0.6) is 0 Å². The molecule has 1 heterocycles. The van der Waals surface area contributed by atoms with Crippen molar-refractivity contribution in [1.82, 2.24) is 0 Å². The number of benzene rings is 1. The van der Waals surface area contributed by atoms with Gasteiger partial charge in [-0.3, -0.25) is 0 Å². The summed E-state index contributed by atoms with van der Waals surface area (Å²) in [6.45, 7) is 4.27. The molecule has 3 N–H and O–H groups in total. The molecule has 1 unspecified atom stereocenters. The number of morpholine rings is 1. The molecule has 0 bridgehead atoms. The molecule has 1 aliphatic rings. The molecule has 4 heteroatoms. The Bertz CT molecular complexity index is 368. The van der Waals surface area contributed by atoms with E-state index in [1.165, 1.54) is 5.56 Å². The van der Waals surface area contributed by atoms with Gasteiger partial charge in [0.2, 0.25) is 0 Å². The number of nitrogens with zero attached hydrogens (tertiary/aromatic N) is 1. The second-order valence-corrected chi connectivity index (χ2v) is 4.18. The van der Waals surface area contributed by atoms with Crippen molar-refractivity contribution in [3.05, 3.63) is 23.8 Å². The number of aryl methyl sites for hydroxylation is 1. The first-order chi connectivity index (χ1) is 7.70. The highest BCUT2D eigenvalue weighted by Crippen LogP contribution is 2.26. The molecule has 2 rings (SSSR count). The molecule has 1 saturated heterocycles. The molecule has 0 radical (unpaired) electrons. The molecule has 1 fully saturated rings. The summed E-state index contributed by atoms with van der Waals surface area (Å²) in [7, 11) is 0. The monoisotopic (exact) mass is 222 g/mol. The molecule has 88 valence electrons. The lowest BCUT2D eigenvalue weighted by atomic mass is 10.1. The minimum atomic E-state index is -0.103. The van der Waals surface area contributed by atoms with E-state index in [4.69, 9.17) is 15.6 Å². The van der Waals surface area contributed by atoms with Crippen LogP contribution in [0.25, 0.3) is 0 Å². The molecule has 0 spiro atoms. The Labute approximate surface area is 95.6 Å². The minimum absolute atomic E-state index is 0.0578. The van der Waals surface area contributed by atoms with Crippen LogP contribution in [0.3, 0.4) is 0 Å². The van der Waals surface area contributed by atoms with Crippen molar-refractivity contribution in [2.75, 3.05) is 36.9 Å². The van der Waals surface area contributed by atoms with Crippen molar-refractivity contribution in [3.8, 4) is 0 Å². The van der Waals surface area contributed by atoms with Crippen molar-refractivity contribution in [2.24, 2.45) is 0 Å². The standard InChI is InChI=1S/C12H18N2O2/c1-9-2-3-11(13)12(6-9)14-4-5-16-10(7-14)8-15/h2-3,6,10,15H,4-5,7-8,13H2,1H3. The summed E-state index contributed by atoms with van der Waals surface area (Å²) in [5.74, 6) is 0. The van der Waals surface area contributed by atoms with E-state index in [-0.39, 0.29) is 12.7 Å². The van der Waals surface area contributed by atoms with Crippen molar-refractivity contribution >= 4 is 11.4 Å². The molecular weight excluding hydrogens is 204 g/mol. The van der Waals surface area contributed by atoms with Gasteiger partial charge in [-0.25, -0.2) is 0 Å². The first-order valence-corrected chi connectivity index (χ1v) is 5.54. The Balaban J connectivity index is 2.19. The van der Waals surface area contributed by atoms with Crippen LogP contribution in [0.4, 0.5) is 11.4 Å². The van der Waals surface area contributed by atoms with E-state index in [9.17, 15) is 0 Å². The first-order valence-electron chi connectivity index (χ1n) is 5.54. The fourth-order valence-electron chi connectivity index (χ4n) is 1.98. The van der Waals surface area contributed by atoms with Gasteiger partial charge in [-0.1, -0.05) is 6.07 Å². The highest BCUT2D eigenvalue weighted by atomic mass is 16.5. The highest BCUT2D eigenvalue weighted by Gasteiger charge is 2.21. The molecule has 0 aliphatic carbocycles. The number of hydrogen-bond acceptors (Lipinski definition) is 4. The molecule has 0 aromatic heterocycles. The Kier molecular flexibility index (Phi) is 3.31. The second kappa shape index (κ2) is 4.72. The number of nitrogens with two attached hydrogens (primary N) is 1. The highest BCUT2D eigenvalue weighted by molar-refractivity contribution is 5.68. The molecule has 16 heavy (non-hydrogen) atoms. The third-order valence-electron chi connectivity index (χ3n) is 2.87. The van der Waals surface area contributed by atoms with Crippen LogP contribution >= 0.6 is 0 Å². The summed E-state index contributed by atoms with van der Waals surface area (Å²) < 4.78 is 5.42. The maximum absolute atomic E-state index is 9.10. The largest absolute Gasteiger partial charge is 0.397 e. The molecular formula is C12H18N2O2. The van der Waals surface area contributed by atoms with Gasteiger partial charge < -0.3 is 20.5 Å². The number of nitrogen functional groups attached to an aromatic ring is 1. The van der Waals surface area contributed by atoms with Crippen molar-refractivity contribution in [1.29, 1.82) is 0 Å². The number of rotatable bonds is 2. The van der Waals surface area contributed by atoms with Gasteiger partial charge in [-0.15, -0.1) is 0 Å². The van der Waals surface area contributed by atoms with Gasteiger partial charge in [0.25, 0.3) is 0 Å². The smallest absolute Gasteiger partial charge is 0.0980 e. The van der Waals surface area contributed by atoms with E-state index in [0.29, 0.717) is 13.2 Å². The summed E-state index contributed by atoms with van der Waals surface area (Å²) in [5.41, 5.74) is 8.98. The van der Waals surface area contributed by atoms with Crippen LogP contribution in [0.1, 0.15) is 5.56 Å². The summed E-state index contributed by atoms with van der Waals surface area (Å²) in [5, 5.41) is 9.10. The van der Waals surface area contributed by atoms with Gasteiger partial charge in [0, 0.05) is 13.1 Å². The minimum Gasteiger partial charge on any atom is -0.397 e. The zero-order valence-electron chi connectivity index (χ0n) is 9.52. The number of ether oxygens (including phenoxy) is 1. The molecule has 0 saturated carbocycles. The van der Waals surface area contributed by atoms with E-state index in [1.807, 2.05) is 19.1 Å². The van der Waals surface area contributed by atoms with Gasteiger partial charge >= 0.3 is 0 Å². The fourth-order valence-corrected chi connectivity index (χ4v) is 1.98. The first kappa shape index (κ1) is 11.2. The maximum atomic E-state index is 9.10. The van der Waals surface area contributed by atoms with E-state index in [2.05, 4.69) is 11.0 Å². The third-order valence-corrected chi connectivity index (χ3v) is 2.87. The summed E-state index contributed by atoms with van der Waals surface area (Å²) >= 11 is 0. The number of anilines is 2. The topological polar surface area (TPSA) is 58.7 Å². The Morgan fingerprint density at radius 1 is 1.56 bits per heavy atom. The quantitative estimate of drug-likeness (QED) is 0.726. The zero-order chi connectivity index (χ0) is 11.5. The third kappa shape index (κ3) is 2.28. The average molecular weight is 222 g/mol. The van der Waals surface area contributed by atoms with Crippen LogP contribution in [0, 0.1) is 6.92 Å².